The van der Waals surface area contributed by atoms with Gasteiger partial charge in [-0.1, -0.05) is 36.4 Å². The van der Waals surface area contributed by atoms with Crippen molar-refractivity contribution in [1.82, 2.24) is 20.2 Å². The van der Waals surface area contributed by atoms with E-state index in [1.807, 2.05) is 48.5 Å². The number of hydrogen-bond donors (Lipinski definition) is 2. The van der Waals surface area contributed by atoms with Gasteiger partial charge >= 0.3 is 0 Å². The number of nitrogens with zero attached hydrogens (tertiary/aromatic N) is 3. The third-order valence-corrected chi connectivity index (χ3v) is 2.85. The Bertz CT molecular complexity index is 648. The maximum Gasteiger partial charge on any atom is 0.199 e. The Morgan fingerprint density at radius 2 is 1.79 bits per heavy atom. The molecule has 0 radical (unpaired) electrons. The van der Waals surface area contributed by atoms with Crippen LogP contribution in [0.3, 0.4) is 0 Å². The molecule has 3 aromatic rings. The molecule has 94 valence electrons. The molecule has 0 saturated carbocycles. The van der Waals surface area contributed by atoms with Crippen LogP contribution in [0.2, 0.25) is 0 Å². The Kier molecular flexibility index (Phi) is 3.04. The van der Waals surface area contributed by atoms with E-state index >= 15 is 0 Å². The molecule has 2 aromatic heterocycles. The van der Waals surface area contributed by atoms with Crippen molar-refractivity contribution in [3.05, 3.63) is 66.1 Å². The highest BCUT2D eigenvalue weighted by Gasteiger charge is 2.14. The molecule has 1 atom stereocenters. The molecule has 5 nitrogen and oxygen atoms in total. The molecule has 5 heteroatoms. The van der Waals surface area contributed by atoms with E-state index in [-0.39, 0.29) is 6.04 Å². The van der Waals surface area contributed by atoms with Crippen molar-refractivity contribution in [2.45, 2.75) is 6.04 Å². The van der Waals surface area contributed by atoms with Crippen LogP contribution in [0.4, 0.5) is 0 Å². The van der Waals surface area contributed by atoms with Crippen molar-refractivity contribution in [3.8, 4) is 11.5 Å². The molecule has 3 N–H and O–H groups in total. The number of nitrogens with two attached hydrogens (primary N) is 1. The maximum atomic E-state index is 6.15. The average molecular weight is 251 g/mol. The maximum absolute atomic E-state index is 6.15. The Balaban J connectivity index is 1.90. The van der Waals surface area contributed by atoms with Crippen LogP contribution >= 0.6 is 0 Å². The van der Waals surface area contributed by atoms with Gasteiger partial charge in [-0.2, -0.15) is 5.10 Å². The monoisotopic (exact) mass is 251 g/mol. The molecule has 0 aliphatic carbocycles. The first kappa shape index (κ1) is 11.6. The number of aromatic nitrogens is 4. The van der Waals surface area contributed by atoms with Gasteiger partial charge in [0.2, 0.25) is 0 Å². The summed E-state index contributed by atoms with van der Waals surface area (Å²) in [6, 6.07) is 15.1. The molecule has 3 rings (SSSR count). The van der Waals surface area contributed by atoms with Gasteiger partial charge < -0.3 is 5.73 Å². The number of aromatic amines is 1. The number of rotatable bonds is 3. The minimum atomic E-state index is -0.314. The zero-order valence-corrected chi connectivity index (χ0v) is 10.2. The predicted molar refractivity (Wildman–Crippen MR) is 72.1 cm³/mol. The topological polar surface area (TPSA) is 80.5 Å². The molecule has 0 amide bonds. The highest BCUT2D eigenvalue weighted by atomic mass is 15.2. The summed E-state index contributed by atoms with van der Waals surface area (Å²) in [4.78, 5) is 8.61. The summed E-state index contributed by atoms with van der Waals surface area (Å²) in [7, 11) is 0. The van der Waals surface area contributed by atoms with Crippen molar-refractivity contribution in [2.75, 3.05) is 0 Å². The number of pyridine rings is 1. The lowest BCUT2D eigenvalue weighted by molar-refractivity contribution is 0.787. The van der Waals surface area contributed by atoms with Gasteiger partial charge in [0.15, 0.2) is 5.82 Å². The molecule has 2 heterocycles. The van der Waals surface area contributed by atoms with Crippen molar-refractivity contribution >= 4 is 0 Å². The summed E-state index contributed by atoms with van der Waals surface area (Å²) in [5, 5.41) is 7.03. The smallest absolute Gasteiger partial charge is 0.199 e. The first-order valence-electron chi connectivity index (χ1n) is 5.99. The van der Waals surface area contributed by atoms with Gasteiger partial charge in [-0.25, -0.2) is 4.98 Å². The summed E-state index contributed by atoms with van der Waals surface area (Å²) in [6.07, 6.45) is 1.71. The van der Waals surface area contributed by atoms with E-state index in [1.54, 1.807) is 6.20 Å². The molecule has 1 aromatic carbocycles. The second kappa shape index (κ2) is 4.99. The molecule has 0 unspecified atom stereocenters. The van der Waals surface area contributed by atoms with Gasteiger partial charge in [0.05, 0.1) is 6.04 Å². The molecule has 19 heavy (non-hydrogen) atoms. The van der Waals surface area contributed by atoms with E-state index in [0.717, 1.165) is 11.3 Å². The molecule has 0 aliphatic heterocycles. The Morgan fingerprint density at radius 1 is 1.00 bits per heavy atom. The predicted octanol–water partition coefficient (Wildman–Crippen LogP) is 1.91. The van der Waals surface area contributed by atoms with Crippen molar-refractivity contribution < 1.29 is 0 Å². The number of H-pyrrole nitrogens is 1. The van der Waals surface area contributed by atoms with Crippen LogP contribution in [0, 0.1) is 0 Å². The first-order chi connectivity index (χ1) is 9.34. The van der Waals surface area contributed by atoms with Crippen LogP contribution in [0.25, 0.3) is 11.5 Å². The normalized spacial score (nSPS) is 12.3. The van der Waals surface area contributed by atoms with E-state index < -0.39 is 0 Å². The highest BCUT2D eigenvalue weighted by Crippen LogP contribution is 2.18. The largest absolute Gasteiger partial charge is 0.318 e. The summed E-state index contributed by atoms with van der Waals surface area (Å²) in [5.41, 5.74) is 7.87. The van der Waals surface area contributed by atoms with Crippen LogP contribution in [-0.2, 0) is 0 Å². The van der Waals surface area contributed by atoms with Crippen LogP contribution in [0.1, 0.15) is 17.4 Å². The van der Waals surface area contributed by atoms with E-state index in [9.17, 15) is 0 Å². The molecule has 0 bridgehead atoms. The van der Waals surface area contributed by atoms with E-state index in [2.05, 4.69) is 20.2 Å². The highest BCUT2D eigenvalue weighted by molar-refractivity contribution is 5.47. The minimum Gasteiger partial charge on any atom is -0.318 e. The van der Waals surface area contributed by atoms with E-state index in [1.165, 1.54) is 0 Å². The van der Waals surface area contributed by atoms with Gasteiger partial charge in [-0.05, 0) is 17.7 Å². The average Bonchev–Trinajstić information content (AvgIpc) is 2.98. The van der Waals surface area contributed by atoms with Crippen LogP contribution < -0.4 is 5.73 Å². The SMILES string of the molecule is N[C@@H](c1ccccc1)c1nc(-c2ccccn2)n[nH]1. The van der Waals surface area contributed by atoms with E-state index in [4.69, 9.17) is 5.73 Å². The van der Waals surface area contributed by atoms with Crippen LogP contribution in [0.5, 0.6) is 0 Å². The Hall–Kier alpha value is -2.53. The molecule has 0 saturated heterocycles. The summed E-state index contributed by atoms with van der Waals surface area (Å²) >= 11 is 0. The van der Waals surface area contributed by atoms with Crippen LogP contribution in [-0.4, -0.2) is 20.2 Å². The third kappa shape index (κ3) is 2.36. The zero-order chi connectivity index (χ0) is 13.1. The lowest BCUT2D eigenvalue weighted by atomic mass is 10.1. The van der Waals surface area contributed by atoms with Crippen molar-refractivity contribution in [2.24, 2.45) is 5.73 Å². The molecule has 0 spiro atoms. The fourth-order valence-corrected chi connectivity index (χ4v) is 1.84. The summed E-state index contributed by atoms with van der Waals surface area (Å²) < 4.78 is 0. The van der Waals surface area contributed by atoms with Gasteiger partial charge in [0.1, 0.15) is 11.5 Å². The first-order valence-corrected chi connectivity index (χ1v) is 5.99. The summed E-state index contributed by atoms with van der Waals surface area (Å²) in [6.45, 7) is 0. The third-order valence-electron chi connectivity index (χ3n) is 2.85. The number of nitrogens with one attached hydrogen (secondary N) is 1. The van der Waals surface area contributed by atoms with Gasteiger partial charge in [0.25, 0.3) is 0 Å². The lowest BCUT2D eigenvalue weighted by Gasteiger charge is -2.07. The molecule has 0 fully saturated rings. The molecular weight excluding hydrogens is 238 g/mol. The summed E-state index contributed by atoms with van der Waals surface area (Å²) in [5.74, 6) is 1.19. The van der Waals surface area contributed by atoms with E-state index in [0.29, 0.717) is 11.6 Å². The molecular formula is C14H13N5. The Labute approximate surface area is 110 Å². The quantitative estimate of drug-likeness (QED) is 0.745. The van der Waals surface area contributed by atoms with Crippen molar-refractivity contribution in [3.63, 3.8) is 0 Å². The number of benzene rings is 1. The fourth-order valence-electron chi connectivity index (χ4n) is 1.84. The second-order valence-electron chi connectivity index (χ2n) is 4.15. The minimum absolute atomic E-state index is 0.314. The lowest BCUT2D eigenvalue weighted by Crippen LogP contribution is -2.13. The Morgan fingerprint density at radius 3 is 2.53 bits per heavy atom. The van der Waals surface area contributed by atoms with Gasteiger partial charge in [-0.3, -0.25) is 10.1 Å². The van der Waals surface area contributed by atoms with Gasteiger partial charge in [-0.15, -0.1) is 0 Å². The standard InChI is InChI=1S/C14H13N5/c15-12(10-6-2-1-3-7-10)14-17-13(18-19-14)11-8-4-5-9-16-11/h1-9,12H,15H2,(H,17,18,19)/t12-/m0/s1. The van der Waals surface area contributed by atoms with Gasteiger partial charge in [0, 0.05) is 6.20 Å². The molecule has 0 aliphatic rings. The number of hydrogen-bond acceptors (Lipinski definition) is 4. The second-order valence-corrected chi connectivity index (χ2v) is 4.15. The zero-order valence-electron chi connectivity index (χ0n) is 10.2. The van der Waals surface area contributed by atoms with Crippen LogP contribution in [0.15, 0.2) is 54.7 Å². The fraction of sp³-hybridized carbons (Fsp3) is 0.0714. The van der Waals surface area contributed by atoms with Crippen molar-refractivity contribution in [1.29, 1.82) is 0 Å².